The van der Waals surface area contributed by atoms with E-state index in [4.69, 9.17) is 9.47 Å². The number of nitro groups is 1. The molecule has 0 bridgehead atoms. The zero-order chi connectivity index (χ0) is 29.7. The molecular formula is C29H26BrN3O7S. The van der Waals surface area contributed by atoms with Crippen LogP contribution < -0.4 is 14.8 Å². The van der Waals surface area contributed by atoms with Gasteiger partial charge in [-0.25, -0.2) is 0 Å². The van der Waals surface area contributed by atoms with Crippen molar-refractivity contribution in [1.82, 2.24) is 4.90 Å². The minimum Gasteiger partial charge on any atom is -0.490 e. The van der Waals surface area contributed by atoms with Gasteiger partial charge < -0.3 is 14.8 Å². The van der Waals surface area contributed by atoms with Gasteiger partial charge in [0.05, 0.1) is 20.9 Å². The molecule has 1 heterocycles. The Bertz CT molecular complexity index is 1560. The smallest absolute Gasteiger partial charge is 0.294 e. The number of hydrogen-bond acceptors (Lipinski definition) is 8. The van der Waals surface area contributed by atoms with Gasteiger partial charge in [0.25, 0.3) is 16.8 Å². The zero-order valence-corrected chi connectivity index (χ0v) is 24.8. The van der Waals surface area contributed by atoms with E-state index in [2.05, 4.69) is 21.2 Å². The molecule has 0 aromatic heterocycles. The van der Waals surface area contributed by atoms with Gasteiger partial charge in [-0.05, 0) is 102 Å². The first-order valence-electron chi connectivity index (χ1n) is 12.5. The van der Waals surface area contributed by atoms with Crippen molar-refractivity contribution in [3.05, 3.63) is 96.3 Å². The first kappa shape index (κ1) is 29.8. The van der Waals surface area contributed by atoms with Crippen LogP contribution in [0.25, 0.3) is 6.08 Å². The highest BCUT2D eigenvalue weighted by Gasteiger charge is 2.36. The predicted octanol–water partition coefficient (Wildman–Crippen LogP) is 6.63. The number of nitro benzene ring substituents is 1. The van der Waals surface area contributed by atoms with Crippen molar-refractivity contribution in [3.63, 3.8) is 0 Å². The highest BCUT2D eigenvalue weighted by Crippen LogP contribution is 2.40. The second-order valence-corrected chi connectivity index (χ2v) is 11.0. The number of ether oxygens (including phenoxy) is 2. The fourth-order valence-electron chi connectivity index (χ4n) is 4.02. The molecule has 1 N–H and O–H groups in total. The van der Waals surface area contributed by atoms with Crippen LogP contribution in [0, 0.1) is 24.0 Å². The van der Waals surface area contributed by atoms with Crippen LogP contribution >= 0.6 is 27.7 Å². The molecule has 3 aromatic rings. The summed E-state index contributed by atoms with van der Waals surface area (Å²) in [4.78, 5) is 49.8. The molecule has 0 unspecified atom stereocenters. The van der Waals surface area contributed by atoms with Gasteiger partial charge in [0.2, 0.25) is 5.91 Å². The average Bonchev–Trinajstić information content (AvgIpc) is 3.17. The zero-order valence-electron chi connectivity index (χ0n) is 22.4. The molecule has 3 aromatic carbocycles. The van der Waals surface area contributed by atoms with Crippen LogP contribution in [-0.2, 0) is 16.2 Å². The van der Waals surface area contributed by atoms with Gasteiger partial charge in [-0.1, -0.05) is 17.7 Å². The van der Waals surface area contributed by atoms with Crippen molar-refractivity contribution in [2.75, 3.05) is 18.5 Å². The second kappa shape index (κ2) is 13.0. The van der Waals surface area contributed by atoms with E-state index in [0.29, 0.717) is 33.8 Å². The highest BCUT2D eigenvalue weighted by molar-refractivity contribution is 9.10. The summed E-state index contributed by atoms with van der Waals surface area (Å²) in [5, 5.41) is 13.1. The number of amides is 3. The van der Waals surface area contributed by atoms with Gasteiger partial charge in [0, 0.05) is 17.8 Å². The molecule has 212 valence electrons. The van der Waals surface area contributed by atoms with E-state index in [1.54, 1.807) is 36.4 Å². The lowest BCUT2D eigenvalue weighted by Gasteiger charge is -2.15. The Morgan fingerprint density at radius 2 is 1.83 bits per heavy atom. The molecular weight excluding hydrogens is 614 g/mol. The van der Waals surface area contributed by atoms with Gasteiger partial charge in [-0.15, -0.1) is 0 Å². The van der Waals surface area contributed by atoms with E-state index in [-0.39, 0.29) is 17.2 Å². The van der Waals surface area contributed by atoms with Gasteiger partial charge in [0.15, 0.2) is 11.5 Å². The molecule has 0 aliphatic carbocycles. The van der Waals surface area contributed by atoms with Gasteiger partial charge in [0.1, 0.15) is 13.2 Å². The summed E-state index contributed by atoms with van der Waals surface area (Å²) in [5.74, 6) is -0.222. The number of carbonyl (C=O) groups excluding carboxylic acids is 3. The van der Waals surface area contributed by atoms with E-state index in [1.165, 1.54) is 12.1 Å². The Kier molecular flexibility index (Phi) is 9.46. The average molecular weight is 641 g/mol. The van der Waals surface area contributed by atoms with E-state index < -0.39 is 28.5 Å². The monoisotopic (exact) mass is 639 g/mol. The lowest BCUT2D eigenvalue weighted by molar-refractivity contribution is -0.384. The maximum atomic E-state index is 13.0. The van der Waals surface area contributed by atoms with Crippen LogP contribution in [0.2, 0.25) is 0 Å². The standard InChI is InChI=1S/C29H26BrN3O7S/c1-4-39-24-13-20(12-22(30)27(24)40-16-19-6-8-21(9-7-19)33(37)38)14-25-28(35)32(29(36)41-25)15-26(34)31-23-10-5-17(2)11-18(23)3/h5-14H,4,15-16H2,1-3H3,(H,31,34)/b25-14+. The third-order valence-electron chi connectivity index (χ3n) is 5.99. The number of anilines is 1. The number of carbonyl (C=O) groups is 3. The Morgan fingerprint density at radius 3 is 2.49 bits per heavy atom. The molecule has 12 heteroatoms. The quantitative estimate of drug-likeness (QED) is 0.149. The second-order valence-electron chi connectivity index (χ2n) is 9.11. The number of benzene rings is 3. The fraction of sp³-hybridized carbons (Fsp3) is 0.207. The van der Waals surface area contributed by atoms with Crippen molar-refractivity contribution >= 4 is 62.2 Å². The number of halogens is 1. The number of rotatable bonds is 10. The molecule has 41 heavy (non-hydrogen) atoms. The fourth-order valence-corrected chi connectivity index (χ4v) is 5.43. The first-order valence-corrected chi connectivity index (χ1v) is 14.1. The van der Waals surface area contributed by atoms with E-state index in [1.807, 2.05) is 32.9 Å². The van der Waals surface area contributed by atoms with Crippen LogP contribution in [0.1, 0.15) is 29.2 Å². The van der Waals surface area contributed by atoms with Crippen molar-refractivity contribution in [2.45, 2.75) is 27.4 Å². The van der Waals surface area contributed by atoms with Gasteiger partial charge in [-0.3, -0.25) is 29.4 Å². The van der Waals surface area contributed by atoms with Crippen LogP contribution in [0.3, 0.4) is 0 Å². The predicted molar refractivity (Wildman–Crippen MR) is 160 cm³/mol. The molecule has 0 spiro atoms. The first-order chi connectivity index (χ1) is 19.5. The maximum absolute atomic E-state index is 13.0. The van der Waals surface area contributed by atoms with Crippen molar-refractivity contribution < 1.29 is 28.8 Å². The lowest BCUT2D eigenvalue weighted by Crippen LogP contribution is -2.36. The summed E-state index contributed by atoms with van der Waals surface area (Å²) >= 11 is 4.24. The minimum atomic E-state index is -0.566. The molecule has 1 fully saturated rings. The SMILES string of the molecule is CCOc1cc(/C=C2/SC(=O)N(CC(=O)Nc3ccc(C)cc3C)C2=O)cc(Br)c1OCc1ccc([N+](=O)[O-])cc1. The maximum Gasteiger partial charge on any atom is 0.294 e. The number of aryl methyl sites for hydroxylation is 2. The minimum absolute atomic E-state index is 0.0132. The highest BCUT2D eigenvalue weighted by atomic mass is 79.9. The van der Waals surface area contributed by atoms with Gasteiger partial charge in [-0.2, -0.15) is 0 Å². The number of hydrogen-bond donors (Lipinski definition) is 1. The van der Waals surface area contributed by atoms with Gasteiger partial charge >= 0.3 is 0 Å². The van der Waals surface area contributed by atoms with E-state index in [9.17, 15) is 24.5 Å². The van der Waals surface area contributed by atoms with E-state index in [0.717, 1.165) is 33.4 Å². The van der Waals surface area contributed by atoms with Crippen LogP contribution in [0.5, 0.6) is 11.5 Å². The lowest BCUT2D eigenvalue weighted by atomic mass is 10.1. The molecule has 0 saturated carbocycles. The molecule has 0 atom stereocenters. The third-order valence-corrected chi connectivity index (χ3v) is 7.49. The van der Waals surface area contributed by atoms with Crippen molar-refractivity contribution in [1.29, 1.82) is 0 Å². The Labute approximate surface area is 249 Å². The topological polar surface area (TPSA) is 128 Å². The largest absolute Gasteiger partial charge is 0.490 e. The molecule has 0 radical (unpaired) electrons. The molecule has 10 nitrogen and oxygen atoms in total. The van der Waals surface area contributed by atoms with Crippen LogP contribution in [0.4, 0.5) is 16.2 Å². The summed E-state index contributed by atoms with van der Waals surface area (Å²) in [6.07, 6.45) is 1.56. The Morgan fingerprint density at radius 1 is 1.10 bits per heavy atom. The molecule has 1 aliphatic heterocycles. The summed E-state index contributed by atoms with van der Waals surface area (Å²) < 4.78 is 12.3. The number of thioether (sulfide) groups is 1. The molecule has 3 amide bonds. The van der Waals surface area contributed by atoms with Crippen molar-refractivity contribution in [3.8, 4) is 11.5 Å². The number of non-ortho nitro benzene ring substituents is 1. The van der Waals surface area contributed by atoms with Crippen LogP contribution in [0.15, 0.2) is 64.0 Å². The van der Waals surface area contributed by atoms with Crippen molar-refractivity contribution in [2.24, 2.45) is 0 Å². The summed E-state index contributed by atoms with van der Waals surface area (Å²) in [6.45, 7) is 5.71. The number of imide groups is 1. The molecule has 1 aliphatic rings. The molecule has 1 saturated heterocycles. The van der Waals surface area contributed by atoms with E-state index >= 15 is 0 Å². The van der Waals surface area contributed by atoms with Crippen LogP contribution in [-0.4, -0.2) is 40.0 Å². The number of nitrogens with one attached hydrogen (secondary N) is 1. The Balaban J connectivity index is 1.48. The summed E-state index contributed by atoms with van der Waals surface area (Å²) in [7, 11) is 0. The Hall–Kier alpha value is -4.16. The summed E-state index contributed by atoms with van der Waals surface area (Å²) in [5.41, 5.74) is 3.84. The third kappa shape index (κ3) is 7.33. The normalized spacial score (nSPS) is 14.0. The summed E-state index contributed by atoms with van der Waals surface area (Å²) in [6, 6.07) is 15.0. The molecule has 4 rings (SSSR count). The number of nitrogens with zero attached hydrogens (tertiary/aromatic N) is 2.